The van der Waals surface area contributed by atoms with E-state index in [1.54, 1.807) is 0 Å². The van der Waals surface area contributed by atoms with E-state index < -0.39 is 81.2 Å². The molecule has 10 amide bonds. The van der Waals surface area contributed by atoms with Gasteiger partial charge in [-0.05, 0) is 218 Å². The van der Waals surface area contributed by atoms with Gasteiger partial charge in [0.1, 0.15) is 0 Å². The van der Waals surface area contributed by atoms with Crippen LogP contribution in [0.5, 0.6) is 0 Å². The van der Waals surface area contributed by atoms with Crippen molar-refractivity contribution in [2.24, 2.45) is 0 Å². The van der Waals surface area contributed by atoms with Crippen LogP contribution in [0.3, 0.4) is 0 Å². The SMILES string of the molecule is CC(C)c1cccc(C(C)C)c1NC(=O)NS(=O)(=O)N1C(C)CN(C)CC1C.CCN1CCN(S(=O)(=O)NC(=O)Nc2c(C(C)C)cc(C)cc2C(C)C)CC1.CCN1CCN(S(=O)(=O)NC(=O)Nc2c(C(C)C)cc(C)cc2C(C)C)CC1.Cc1cc(C(C)C)c(NC(=O)NS(=O)(=O)N2C(C)CN(C)CC2C)c(C(C)C)c1.Cc1cc(C(C)C)c(NC(=O)NS(=O)(=O)N2C(C)CN(C)CC2C)c(C(C)C)c1. The Bertz CT molecular complexity index is 5250. The first-order valence-corrected chi connectivity index (χ1v) is 57.6. The number of aryl methyl sites for hydroxylation is 4. The van der Waals surface area contributed by atoms with Gasteiger partial charge in [-0.15, -0.1) is 0 Å². The van der Waals surface area contributed by atoms with E-state index in [2.05, 4.69) is 199 Å². The highest BCUT2D eigenvalue weighted by Gasteiger charge is 2.42. The molecular formula is C102H174N20O15S5. The normalized spacial score (nSPS) is 19.7. The fourth-order valence-corrected chi connectivity index (χ4v) is 26.1. The van der Waals surface area contributed by atoms with E-state index in [4.69, 9.17) is 0 Å². The predicted molar refractivity (Wildman–Crippen MR) is 580 cm³/mol. The van der Waals surface area contributed by atoms with E-state index in [1.165, 1.54) is 21.5 Å². The number of rotatable bonds is 27. The van der Waals surface area contributed by atoms with Crippen LogP contribution in [-0.2, 0) is 51.0 Å². The highest BCUT2D eigenvalue weighted by Crippen LogP contribution is 2.40. The number of hydrogen-bond donors (Lipinski definition) is 10. The molecule has 35 nitrogen and oxygen atoms in total. The van der Waals surface area contributed by atoms with Gasteiger partial charge in [-0.25, -0.2) is 47.6 Å². The molecule has 0 aromatic heterocycles. The highest BCUT2D eigenvalue weighted by atomic mass is 32.2. The second-order valence-corrected chi connectivity index (χ2v) is 50.4. The average Bonchev–Trinajstić information content (AvgIpc) is 0.787. The molecule has 10 rings (SSSR count). The van der Waals surface area contributed by atoms with Crippen molar-refractivity contribution in [2.75, 3.05) is 152 Å². The number of nitrogens with zero attached hydrogens (tertiary/aromatic N) is 10. The van der Waals surface area contributed by atoms with Crippen LogP contribution in [-0.4, -0.2) is 280 Å². The van der Waals surface area contributed by atoms with E-state index in [9.17, 15) is 66.1 Å². The lowest BCUT2D eigenvalue weighted by Gasteiger charge is -2.41. The van der Waals surface area contributed by atoms with Crippen LogP contribution in [0.15, 0.2) is 66.7 Å². The minimum atomic E-state index is -3.95. The third-order valence-corrected chi connectivity index (χ3v) is 34.3. The van der Waals surface area contributed by atoms with Gasteiger partial charge in [0.2, 0.25) is 0 Å². The van der Waals surface area contributed by atoms with Crippen molar-refractivity contribution in [1.29, 1.82) is 0 Å². The van der Waals surface area contributed by atoms with Gasteiger partial charge in [0.15, 0.2) is 0 Å². The topological polar surface area (TPSA) is 409 Å². The molecule has 0 saturated carbocycles. The quantitative estimate of drug-likeness (QED) is 0.0233. The highest BCUT2D eigenvalue weighted by molar-refractivity contribution is 7.89. The summed E-state index contributed by atoms with van der Waals surface area (Å²) >= 11 is 0. The lowest BCUT2D eigenvalue weighted by molar-refractivity contribution is 0.122. The maximum Gasteiger partial charge on any atom is 0.333 e. The van der Waals surface area contributed by atoms with Crippen LogP contribution in [0.25, 0.3) is 0 Å². The van der Waals surface area contributed by atoms with Crippen LogP contribution in [0.4, 0.5) is 52.4 Å². The molecule has 0 radical (unpaired) electrons. The average molecular weight is 2080 g/mol. The summed E-state index contributed by atoms with van der Waals surface area (Å²) < 4.78 is 146. The Kier molecular flexibility index (Phi) is 45.6. The van der Waals surface area contributed by atoms with Crippen LogP contribution >= 0.6 is 0 Å². The van der Waals surface area contributed by atoms with Crippen molar-refractivity contribution in [1.82, 2.24) is 69.6 Å². The maximum absolute atomic E-state index is 12.9. The fraction of sp³-hybridized carbons (Fsp3) is 0.657. The zero-order chi connectivity index (χ0) is 108. The van der Waals surface area contributed by atoms with E-state index >= 15 is 0 Å². The molecule has 10 N–H and O–H groups in total. The van der Waals surface area contributed by atoms with E-state index in [1.807, 2.05) is 185 Å². The molecule has 5 saturated heterocycles. The number of carbonyl (C=O) groups is 5. The summed E-state index contributed by atoms with van der Waals surface area (Å²) in [6, 6.07) is 17.4. The second kappa shape index (κ2) is 52.9. The third kappa shape index (κ3) is 34.2. The minimum Gasteiger partial charge on any atom is -0.307 e. The lowest BCUT2D eigenvalue weighted by Crippen LogP contribution is -2.60. The zero-order valence-corrected chi connectivity index (χ0v) is 95.6. The van der Waals surface area contributed by atoms with Gasteiger partial charge in [-0.2, -0.15) is 63.6 Å². The van der Waals surface area contributed by atoms with Crippen LogP contribution < -0.4 is 50.2 Å². The van der Waals surface area contributed by atoms with Gasteiger partial charge in [0.05, 0.1) is 0 Å². The molecule has 5 aliphatic rings. The number of amides is 10. The molecular weight excluding hydrogens is 1910 g/mol. The maximum atomic E-state index is 12.9. The summed E-state index contributed by atoms with van der Waals surface area (Å²) in [6.45, 7) is 74.3. The van der Waals surface area contributed by atoms with Crippen molar-refractivity contribution in [3.63, 3.8) is 0 Å². The molecule has 0 aliphatic carbocycles. The number of piperazine rings is 5. The molecule has 5 aromatic rings. The molecule has 6 unspecified atom stereocenters. The van der Waals surface area contributed by atoms with Crippen molar-refractivity contribution >= 4 is 110 Å². The van der Waals surface area contributed by atoms with Gasteiger partial charge in [0, 0.05) is 156 Å². The summed E-state index contributed by atoms with van der Waals surface area (Å²) in [4.78, 5) is 74.0. The summed E-state index contributed by atoms with van der Waals surface area (Å²) in [6.07, 6.45) is 0. The number of urea groups is 5. The van der Waals surface area contributed by atoms with Gasteiger partial charge in [-0.3, -0.25) is 0 Å². The molecule has 40 heteroatoms. The number of hydrogen-bond acceptors (Lipinski definition) is 20. The molecule has 0 bridgehead atoms. The van der Waals surface area contributed by atoms with Crippen molar-refractivity contribution in [3.8, 4) is 0 Å². The number of anilines is 5. The number of likely N-dealkylation sites (N-methyl/N-ethyl adjacent to an activating group) is 5. The van der Waals surface area contributed by atoms with Crippen molar-refractivity contribution in [3.05, 3.63) is 145 Å². The Morgan fingerprint density at radius 2 is 0.423 bits per heavy atom. The summed E-state index contributed by atoms with van der Waals surface area (Å²) in [7, 11) is -13.7. The molecule has 5 heterocycles. The van der Waals surface area contributed by atoms with E-state index in [0.717, 1.165) is 91.0 Å². The third-order valence-electron chi connectivity index (χ3n) is 26.2. The van der Waals surface area contributed by atoms with Crippen LogP contribution in [0, 0.1) is 27.7 Å². The number of carbonyl (C=O) groups excluding carboxylic acids is 5. The standard InChI is InChI=1S/2C21H36N4O3S.3C20H34N4O3S/c2*1-13(2)18-9-15(5)10-19(14(3)4)20(18)22-21(26)23-29(27,28)25-16(6)11-24(8)12-17(25)7;1-13(2)17-9-8-10-18(14(3)4)19(17)21-20(25)22-28(26,27)24-15(5)11-23(7)12-16(24)6;2*1-7-23-8-10-24(11-9-23)28(26,27)22-20(25)21-19-17(14(2)3)12-16(6)13-18(19)15(4)5/h2*9-10,13-14,16-17H,11-12H2,1-8H3,(H2,22,23,26);8-10,13-16H,11-12H2,1-7H3,(H2,21,22,25);2*12-15H,7-11H2,1-6H3,(H2,21,22,25). The molecule has 802 valence electrons. The second-order valence-electron chi connectivity index (χ2n) is 42.4. The first kappa shape index (κ1) is 122. The fourth-order valence-electron chi connectivity index (χ4n) is 19.6. The Labute approximate surface area is 853 Å². The smallest absolute Gasteiger partial charge is 0.307 e. The van der Waals surface area contributed by atoms with Gasteiger partial charge >= 0.3 is 81.2 Å². The molecule has 5 aromatic carbocycles. The summed E-state index contributed by atoms with van der Waals surface area (Å²) in [5.41, 5.74) is 18.0. The zero-order valence-electron chi connectivity index (χ0n) is 91.5. The summed E-state index contributed by atoms with van der Waals surface area (Å²) in [5.74, 6) is 1.96. The van der Waals surface area contributed by atoms with Crippen LogP contribution in [0.2, 0.25) is 0 Å². The Balaban J connectivity index is 0.000000272. The first-order valence-electron chi connectivity index (χ1n) is 50.4. The Morgan fingerprint density at radius 1 is 0.268 bits per heavy atom. The van der Waals surface area contributed by atoms with Gasteiger partial charge < -0.3 is 51.1 Å². The Morgan fingerprint density at radius 3 is 0.577 bits per heavy atom. The first-order chi connectivity index (χ1) is 65.7. The van der Waals surface area contributed by atoms with Crippen molar-refractivity contribution < 1.29 is 66.1 Å². The molecule has 5 aliphatic heterocycles. The lowest BCUT2D eigenvalue weighted by atomic mass is 9.90. The molecule has 142 heavy (non-hydrogen) atoms. The Hall–Kier alpha value is -8.20. The molecule has 6 atom stereocenters. The van der Waals surface area contributed by atoms with Crippen molar-refractivity contribution in [2.45, 2.75) is 317 Å². The number of nitrogens with one attached hydrogen (secondary N) is 10. The van der Waals surface area contributed by atoms with E-state index in [0.29, 0.717) is 120 Å². The summed E-state index contributed by atoms with van der Waals surface area (Å²) in [5, 5.41) is 14.1. The van der Waals surface area contributed by atoms with E-state index in [-0.39, 0.29) is 95.4 Å². The van der Waals surface area contributed by atoms with Crippen LogP contribution in [0.1, 0.15) is 331 Å². The largest absolute Gasteiger partial charge is 0.333 e. The monoisotopic (exact) mass is 2080 g/mol. The molecule has 0 spiro atoms. The number of para-hydroxylation sites is 1. The minimum absolute atomic E-state index is 0.192. The van der Waals surface area contributed by atoms with Gasteiger partial charge in [-0.1, -0.05) is 241 Å². The number of benzene rings is 5. The predicted octanol–water partition coefficient (Wildman–Crippen LogP) is 17.1. The van der Waals surface area contributed by atoms with Gasteiger partial charge in [0.25, 0.3) is 0 Å². The molecule has 5 fully saturated rings.